The molecule has 0 radical (unpaired) electrons. The molecule has 0 bridgehead atoms. The van der Waals surface area contributed by atoms with E-state index in [-0.39, 0.29) is 17.3 Å². The van der Waals surface area contributed by atoms with Crippen LogP contribution in [0.15, 0.2) is 23.0 Å². The highest BCUT2D eigenvalue weighted by molar-refractivity contribution is 5.67. The van der Waals surface area contributed by atoms with E-state index in [1.165, 1.54) is 6.07 Å². The first-order chi connectivity index (χ1) is 12.7. The van der Waals surface area contributed by atoms with Gasteiger partial charge in [-0.25, -0.2) is 8.91 Å². The fourth-order valence-electron chi connectivity index (χ4n) is 3.55. The standard InChI is InChI=1S/C21H27FN4O/c1-8-25-20(16-11-17(22)18(24(6)7)9-13(16)4)23-26-14(5)10-15(12(2)3)19(26)21(25)27/h9-12H,8H2,1-7H3. The van der Waals surface area contributed by atoms with Crippen molar-refractivity contribution in [3.05, 3.63) is 51.2 Å². The van der Waals surface area contributed by atoms with Gasteiger partial charge in [0.2, 0.25) is 0 Å². The number of halogens is 1. The van der Waals surface area contributed by atoms with Gasteiger partial charge in [0.15, 0.2) is 5.82 Å². The summed E-state index contributed by atoms with van der Waals surface area (Å²) in [5.74, 6) is 0.383. The summed E-state index contributed by atoms with van der Waals surface area (Å²) in [5.41, 5.74) is 4.44. The lowest BCUT2D eigenvalue weighted by Gasteiger charge is -2.18. The first-order valence-corrected chi connectivity index (χ1v) is 9.28. The van der Waals surface area contributed by atoms with E-state index in [0.29, 0.717) is 29.1 Å². The third-order valence-electron chi connectivity index (χ3n) is 5.04. The maximum atomic E-state index is 14.6. The zero-order valence-electron chi connectivity index (χ0n) is 17.1. The summed E-state index contributed by atoms with van der Waals surface area (Å²) in [6, 6.07) is 5.29. The zero-order valence-corrected chi connectivity index (χ0v) is 17.1. The van der Waals surface area contributed by atoms with Crippen LogP contribution >= 0.6 is 0 Å². The van der Waals surface area contributed by atoms with Crippen molar-refractivity contribution < 1.29 is 4.39 Å². The van der Waals surface area contributed by atoms with Crippen LogP contribution in [0.25, 0.3) is 16.9 Å². The van der Waals surface area contributed by atoms with Crippen molar-refractivity contribution in [2.75, 3.05) is 19.0 Å². The van der Waals surface area contributed by atoms with E-state index in [1.807, 2.05) is 26.8 Å². The van der Waals surface area contributed by atoms with Gasteiger partial charge in [-0.3, -0.25) is 9.36 Å². The number of hydrogen-bond acceptors (Lipinski definition) is 3. The Hall–Kier alpha value is -2.63. The summed E-state index contributed by atoms with van der Waals surface area (Å²) in [7, 11) is 3.61. The van der Waals surface area contributed by atoms with Crippen molar-refractivity contribution in [2.24, 2.45) is 0 Å². The fraction of sp³-hybridized carbons (Fsp3) is 0.429. The molecule has 0 saturated heterocycles. The predicted molar refractivity (Wildman–Crippen MR) is 108 cm³/mol. The van der Waals surface area contributed by atoms with Crippen LogP contribution in [0.1, 0.15) is 43.5 Å². The lowest BCUT2D eigenvalue weighted by atomic mass is 10.0. The summed E-state index contributed by atoms with van der Waals surface area (Å²) in [5, 5.41) is 4.76. The topological polar surface area (TPSA) is 42.5 Å². The Kier molecular flexibility index (Phi) is 4.84. The van der Waals surface area contributed by atoms with Crippen LogP contribution in [-0.2, 0) is 6.54 Å². The average molecular weight is 370 g/mol. The molecular formula is C21H27FN4O. The van der Waals surface area contributed by atoms with Gasteiger partial charge in [-0.15, -0.1) is 5.10 Å². The van der Waals surface area contributed by atoms with Gasteiger partial charge in [-0.2, -0.15) is 0 Å². The Labute approximate surface area is 159 Å². The minimum absolute atomic E-state index is 0.0872. The Morgan fingerprint density at radius 2 is 1.85 bits per heavy atom. The van der Waals surface area contributed by atoms with E-state index in [0.717, 1.165) is 16.8 Å². The van der Waals surface area contributed by atoms with Crippen LogP contribution in [0.3, 0.4) is 0 Å². The second-order valence-electron chi connectivity index (χ2n) is 7.54. The second-order valence-corrected chi connectivity index (χ2v) is 7.54. The number of hydrogen-bond donors (Lipinski definition) is 0. The summed E-state index contributed by atoms with van der Waals surface area (Å²) >= 11 is 0. The van der Waals surface area contributed by atoms with Crippen molar-refractivity contribution in [3.8, 4) is 11.4 Å². The van der Waals surface area contributed by atoms with E-state index >= 15 is 0 Å². The summed E-state index contributed by atoms with van der Waals surface area (Å²) < 4.78 is 18.0. The van der Waals surface area contributed by atoms with Gasteiger partial charge in [-0.05, 0) is 56.0 Å². The van der Waals surface area contributed by atoms with Crippen molar-refractivity contribution in [3.63, 3.8) is 0 Å². The first-order valence-electron chi connectivity index (χ1n) is 9.28. The SMILES string of the molecule is CCn1c(-c2cc(F)c(N(C)C)cc2C)nn2c(C)cc(C(C)C)c2c1=O. The van der Waals surface area contributed by atoms with E-state index in [2.05, 4.69) is 13.8 Å². The molecule has 3 rings (SSSR count). The molecule has 0 fully saturated rings. The molecule has 2 heterocycles. The van der Waals surface area contributed by atoms with Gasteiger partial charge in [0.25, 0.3) is 5.56 Å². The van der Waals surface area contributed by atoms with Crippen molar-refractivity contribution in [1.82, 2.24) is 14.2 Å². The largest absolute Gasteiger partial charge is 0.375 e. The first kappa shape index (κ1) is 19.1. The van der Waals surface area contributed by atoms with Crippen molar-refractivity contribution in [2.45, 2.75) is 47.1 Å². The summed E-state index contributed by atoms with van der Waals surface area (Å²) in [6.45, 7) is 10.4. The maximum Gasteiger partial charge on any atom is 0.278 e. The van der Waals surface area contributed by atoms with Gasteiger partial charge in [-0.1, -0.05) is 13.8 Å². The van der Waals surface area contributed by atoms with Crippen LogP contribution in [0, 0.1) is 19.7 Å². The number of aromatic nitrogens is 3. The summed E-state index contributed by atoms with van der Waals surface area (Å²) in [6.07, 6.45) is 0. The van der Waals surface area contributed by atoms with Gasteiger partial charge >= 0.3 is 0 Å². The monoisotopic (exact) mass is 370 g/mol. The average Bonchev–Trinajstić information content (AvgIpc) is 2.93. The van der Waals surface area contributed by atoms with E-state index < -0.39 is 0 Å². The minimum Gasteiger partial charge on any atom is -0.375 e. The number of rotatable bonds is 4. The van der Waals surface area contributed by atoms with Crippen LogP contribution in [-0.4, -0.2) is 28.3 Å². The van der Waals surface area contributed by atoms with Crippen LogP contribution in [0.2, 0.25) is 0 Å². The maximum absolute atomic E-state index is 14.6. The highest BCUT2D eigenvalue weighted by Gasteiger charge is 2.21. The summed E-state index contributed by atoms with van der Waals surface area (Å²) in [4.78, 5) is 15.0. The van der Waals surface area contributed by atoms with Crippen LogP contribution in [0.4, 0.5) is 10.1 Å². The third kappa shape index (κ3) is 3.03. The Bertz CT molecular complexity index is 1080. The lowest BCUT2D eigenvalue weighted by Crippen LogP contribution is -2.26. The number of aryl methyl sites for hydroxylation is 2. The molecule has 0 N–H and O–H groups in total. The molecule has 0 unspecified atom stereocenters. The molecule has 0 aliphatic rings. The smallest absolute Gasteiger partial charge is 0.278 e. The quantitative estimate of drug-likeness (QED) is 0.694. The normalized spacial score (nSPS) is 11.6. The molecule has 0 atom stereocenters. The van der Waals surface area contributed by atoms with Gasteiger partial charge < -0.3 is 4.90 Å². The third-order valence-corrected chi connectivity index (χ3v) is 5.04. The Balaban J connectivity index is 2.38. The lowest BCUT2D eigenvalue weighted by molar-refractivity contribution is 0.624. The van der Waals surface area contributed by atoms with Gasteiger partial charge in [0, 0.05) is 31.9 Å². The molecule has 0 saturated carbocycles. The zero-order chi connectivity index (χ0) is 20.0. The van der Waals surface area contributed by atoms with Crippen LogP contribution in [0.5, 0.6) is 0 Å². The fourth-order valence-corrected chi connectivity index (χ4v) is 3.55. The van der Waals surface area contributed by atoms with E-state index in [4.69, 9.17) is 5.10 Å². The number of nitrogens with zero attached hydrogens (tertiary/aromatic N) is 4. The highest BCUT2D eigenvalue weighted by Crippen LogP contribution is 2.29. The van der Waals surface area contributed by atoms with Crippen LogP contribution < -0.4 is 10.5 Å². The van der Waals surface area contributed by atoms with Crippen molar-refractivity contribution in [1.29, 1.82) is 0 Å². The molecular weight excluding hydrogens is 343 g/mol. The Morgan fingerprint density at radius 1 is 1.19 bits per heavy atom. The molecule has 0 aliphatic heterocycles. The number of anilines is 1. The molecule has 6 heteroatoms. The van der Waals surface area contributed by atoms with E-state index in [9.17, 15) is 9.18 Å². The highest BCUT2D eigenvalue weighted by atomic mass is 19.1. The minimum atomic E-state index is -0.329. The second kappa shape index (κ2) is 6.83. The molecule has 144 valence electrons. The molecule has 3 aromatic rings. The molecule has 0 amide bonds. The predicted octanol–water partition coefficient (Wildman–Crippen LogP) is 4.13. The molecule has 1 aromatic carbocycles. The van der Waals surface area contributed by atoms with Gasteiger partial charge in [0.1, 0.15) is 11.3 Å². The Morgan fingerprint density at radius 3 is 2.41 bits per heavy atom. The van der Waals surface area contributed by atoms with Crippen molar-refractivity contribution >= 4 is 11.2 Å². The molecule has 2 aromatic heterocycles. The van der Waals surface area contributed by atoms with E-state index in [1.54, 1.807) is 34.1 Å². The molecule has 0 spiro atoms. The molecule has 27 heavy (non-hydrogen) atoms. The molecule has 0 aliphatic carbocycles. The number of benzene rings is 1. The number of fused-ring (bicyclic) bond motifs is 1. The molecule has 5 nitrogen and oxygen atoms in total. The van der Waals surface area contributed by atoms with Gasteiger partial charge in [0.05, 0.1) is 5.69 Å².